The van der Waals surface area contributed by atoms with Crippen molar-refractivity contribution >= 4 is 26.6 Å². The molecule has 0 aliphatic rings. The van der Waals surface area contributed by atoms with E-state index in [0.717, 1.165) is 10.9 Å². The highest BCUT2D eigenvalue weighted by molar-refractivity contribution is 7.93. The molecule has 1 heterocycles. The van der Waals surface area contributed by atoms with Crippen molar-refractivity contribution in [3.63, 3.8) is 0 Å². The van der Waals surface area contributed by atoms with Crippen LogP contribution < -0.4 is 10.5 Å². The van der Waals surface area contributed by atoms with Gasteiger partial charge in [-0.25, -0.2) is 8.42 Å². The lowest BCUT2D eigenvalue weighted by Crippen LogP contribution is -2.33. The molecule has 3 N–H and O–H groups in total. The molecule has 1 unspecified atom stereocenters. The van der Waals surface area contributed by atoms with Gasteiger partial charge in [0.2, 0.25) is 10.0 Å². The molecule has 0 radical (unpaired) electrons. The summed E-state index contributed by atoms with van der Waals surface area (Å²) in [7, 11) is -3.44. The van der Waals surface area contributed by atoms with Crippen LogP contribution in [-0.2, 0) is 10.0 Å². The fourth-order valence-corrected chi connectivity index (χ4v) is 3.21. The van der Waals surface area contributed by atoms with E-state index in [-0.39, 0.29) is 6.54 Å². The van der Waals surface area contributed by atoms with E-state index in [0.29, 0.717) is 12.1 Å². The third kappa shape index (κ3) is 3.02. The summed E-state index contributed by atoms with van der Waals surface area (Å²) in [6.45, 7) is 1.92. The van der Waals surface area contributed by atoms with Crippen LogP contribution in [0.4, 0.5) is 5.69 Å². The highest BCUT2D eigenvalue weighted by atomic mass is 32.2. The largest absolute Gasteiger partial charge is 0.329 e. The van der Waals surface area contributed by atoms with Crippen molar-refractivity contribution in [1.29, 1.82) is 0 Å². The lowest BCUT2D eigenvalue weighted by Gasteiger charge is -2.15. The molecule has 6 heteroatoms. The van der Waals surface area contributed by atoms with Crippen LogP contribution in [0.2, 0.25) is 0 Å². The van der Waals surface area contributed by atoms with Gasteiger partial charge in [0.05, 0.1) is 10.8 Å². The van der Waals surface area contributed by atoms with Gasteiger partial charge in [-0.05, 0) is 30.7 Å². The van der Waals surface area contributed by atoms with Crippen molar-refractivity contribution in [2.45, 2.75) is 18.6 Å². The molecule has 1 atom stereocenters. The molecular weight excluding hydrogens is 262 g/mol. The molecule has 0 bridgehead atoms. The summed E-state index contributed by atoms with van der Waals surface area (Å²) in [5.74, 6) is 0. The maximum absolute atomic E-state index is 12.1. The predicted octanol–water partition coefficient (Wildman–Crippen LogP) is 1.71. The number of nitrogens with zero attached hydrogens (tertiary/aromatic N) is 1. The first kappa shape index (κ1) is 13.8. The smallest absolute Gasteiger partial charge is 0.236 e. The Hall–Kier alpha value is -1.66. The van der Waals surface area contributed by atoms with Gasteiger partial charge >= 0.3 is 0 Å². The standard InChI is InChI=1S/C13H17N3O2S/c1-2-12(9-14)19(17,18)16-11-5-6-13-10(8-11)4-3-7-15-13/h3-8,12,16H,2,9,14H2,1H3. The Kier molecular flexibility index (Phi) is 4.01. The minimum Gasteiger partial charge on any atom is -0.329 e. The quantitative estimate of drug-likeness (QED) is 0.872. The fourth-order valence-electron chi connectivity index (χ4n) is 1.90. The Labute approximate surface area is 112 Å². The number of hydrogen-bond acceptors (Lipinski definition) is 4. The minimum absolute atomic E-state index is 0.112. The number of fused-ring (bicyclic) bond motifs is 1. The number of nitrogens with two attached hydrogens (primary N) is 1. The predicted molar refractivity (Wildman–Crippen MR) is 77.4 cm³/mol. The van der Waals surface area contributed by atoms with Crippen LogP contribution in [0.5, 0.6) is 0 Å². The van der Waals surface area contributed by atoms with Gasteiger partial charge in [0.1, 0.15) is 0 Å². The van der Waals surface area contributed by atoms with Gasteiger partial charge in [-0.15, -0.1) is 0 Å². The molecule has 0 saturated carbocycles. The summed E-state index contributed by atoms with van der Waals surface area (Å²) in [5.41, 5.74) is 6.85. The summed E-state index contributed by atoms with van der Waals surface area (Å²) >= 11 is 0. The molecule has 5 nitrogen and oxygen atoms in total. The molecule has 0 spiro atoms. The molecule has 0 fully saturated rings. The lowest BCUT2D eigenvalue weighted by molar-refractivity contribution is 0.581. The number of rotatable bonds is 5. The Balaban J connectivity index is 2.31. The van der Waals surface area contributed by atoms with Crippen molar-refractivity contribution in [3.05, 3.63) is 36.5 Å². The van der Waals surface area contributed by atoms with E-state index in [9.17, 15) is 8.42 Å². The van der Waals surface area contributed by atoms with E-state index in [1.54, 1.807) is 31.3 Å². The zero-order valence-electron chi connectivity index (χ0n) is 10.7. The molecule has 2 rings (SSSR count). The van der Waals surface area contributed by atoms with Crippen molar-refractivity contribution in [2.75, 3.05) is 11.3 Å². The van der Waals surface area contributed by atoms with Crippen LogP contribution in [0.3, 0.4) is 0 Å². The van der Waals surface area contributed by atoms with Crippen LogP contribution in [0.1, 0.15) is 13.3 Å². The highest BCUT2D eigenvalue weighted by Gasteiger charge is 2.22. The zero-order chi connectivity index (χ0) is 13.9. The first-order valence-corrected chi connectivity index (χ1v) is 7.68. The van der Waals surface area contributed by atoms with Crippen molar-refractivity contribution in [3.8, 4) is 0 Å². The molecule has 2 aromatic rings. The van der Waals surface area contributed by atoms with Gasteiger partial charge in [-0.2, -0.15) is 0 Å². The van der Waals surface area contributed by atoms with E-state index >= 15 is 0 Å². The van der Waals surface area contributed by atoms with E-state index < -0.39 is 15.3 Å². The fraction of sp³-hybridized carbons (Fsp3) is 0.308. The SMILES string of the molecule is CCC(CN)S(=O)(=O)Nc1ccc2ncccc2c1. The number of anilines is 1. The second kappa shape index (κ2) is 5.54. The highest BCUT2D eigenvalue weighted by Crippen LogP contribution is 2.19. The van der Waals surface area contributed by atoms with Crippen LogP contribution in [0.15, 0.2) is 36.5 Å². The summed E-state index contributed by atoms with van der Waals surface area (Å²) in [5, 5.41) is 0.320. The lowest BCUT2D eigenvalue weighted by atomic mass is 10.2. The van der Waals surface area contributed by atoms with Gasteiger partial charge in [-0.1, -0.05) is 13.0 Å². The summed E-state index contributed by atoms with van der Waals surface area (Å²) < 4.78 is 26.8. The van der Waals surface area contributed by atoms with E-state index in [4.69, 9.17) is 5.73 Å². The van der Waals surface area contributed by atoms with E-state index in [2.05, 4.69) is 9.71 Å². The number of hydrogen-bond donors (Lipinski definition) is 2. The summed E-state index contributed by atoms with van der Waals surface area (Å²) in [6, 6.07) is 8.96. The maximum Gasteiger partial charge on any atom is 0.236 e. The molecule has 1 aromatic carbocycles. The molecule has 102 valence electrons. The minimum atomic E-state index is -3.44. The first-order chi connectivity index (χ1) is 9.06. The van der Waals surface area contributed by atoms with Gasteiger partial charge in [0.25, 0.3) is 0 Å². The molecular formula is C13H17N3O2S. The number of nitrogens with one attached hydrogen (secondary N) is 1. The van der Waals surface area contributed by atoms with Crippen LogP contribution in [-0.4, -0.2) is 25.2 Å². The van der Waals surface area contributed by atoms with Gasteiger partial charge < -0.3 is 5.73 Å². The number of sulfonamides is 1. The van der Waals surface area contributed by atoms with Gasteiger partial charge in [0, 0.05) is 23.8 Å². The second-order valence-corrected chi connectivity index (χ2v) is 6.28. The molecule has 19 heavy (non-hydrogen) atoms. The Morgan fingerprint density at radius 2 is 2.16 bits per heavy atom. The molecule has 0 saturated heterocycles. The van der Waals surface area contributed by atoms with Crippen molar-refractivity contribution < 1.29 is 8.42 Å². The van der Waals surface area contributed by atoms with Crippen molar-refractivity contribution in [2.24, 2.45) is 5.73 Å². The second-order valence-electron chi connectivity index (χ2n) is 4.32. The Morgan fingerprint density at radius 3 is 2.84 bits per heavy atom. The number of aromatic nitrogens is 1. The van der Waals surface area contributed by atoms with Crippen LogP contribution >= 0.6 is 0 Å². The van der Waals surface area contributed by atoms with Gasteiger partial charge in [0.15, 0.2) is 0 Å². The van der Waals surface area contributed by atoms with E-state index in [1.807, 2.05) is 12.1 Å². The topological polar surface area (TPSA) is 85.1 Å². The Morgan fingerprint density at radius 1 is 1.37 bits per heavy atom. The average molecular weight is 279 g/mol. The monoisotopic (exact) mass is 279 g/mol. The Bertz CT molecular complexity index is 666. The molecule has 1 aromatic heterocycles. The normalized spacial score (nSPS) is 13.4. The van der Waals surface area contributed by atoms with E-state index in [1.165, 1.54) is 0 Å². The third-order valence-electron chi connectivity index (χ3n) is 3.02. The molecule has 0 aliphatic carbocycles. The maximum atomic E-state index is 12.1. The third-order valence-corrected chi connectivity index (χ3v) is 4.94. The number of pyridine rings is 1. The summed E-state index contributed by atoms with van der Waals surface area (Å²) in [6.07, 6.45) is 2.19. The van der Waals surface area contributed by atoms with Crippen LogP contribution in [0, 0.1) is 0 Å². The first-order valence-electron chi connectivity index (χ1n) is 6.13. The van der Waals surface area contributed by atoms with Crippen LogP contribution in [0.25, 0.3) is 10.9 Å². The molecule has 0 aliphatic heterocycles. The summed E-state index contributed by atoms with van der Waals surface area (Å²) in [4.78, 5) is 4.19. The number of benzene rings is 1. The van der Waals surface area contributed by atoms with Crippen molar-refractivity contribution in [1.82, 2.24) is 4.98 Å². The average Bonchev–Trinajstić information content (AvgIpc) is 2.39. The molecule has 0 amide bonds. The zero-order valence-corrected chi connectivity index (χ0v) is 11.5. The van der Waals surface area contributed by atoms with Gasteiger partial charge in [-0.3, -0.25) is 9.71 Å².